The fourth-order valence-electron chi connectivity index (χ4n) is 1.49. The second-order valence-electron chi connectivity index (χ2n) is 3.79. The molecule has 0 aliphatic carbocycles. The molecule has 0 unspecified atom stereocenters. The molecule has 2 rings (SSSR count). The summed E-state index contributed by atoms with van der Waals surface area (Å²) in [5.74, 6) is 0.181. The lowest BCUT2D eigenvalue weighted by atomic mass is 10.2. The van der Waals surface area contributed by atoms with Gasteiger partial charge in [0.05, 0.1) is 17.6 Å². The highest BCUT2D eigenvalue weighted by atomic mass is 35.5. The summed E-state index contributed by atoms with van der Waals surface area (Å²) >= 11 is 7.14. The van der Waals surface area contributed by atoms with E-state index in [9.17, 15) is 4.79 Å². The number of nitrogens with zero attached hydrogens (tertiary/aromatic N) is 2. The molecule has 1 aromatic carbocycles. The predicted molar refractivity (Wildman–Crippen MR) is 81.6 cm³/mol. The molecule has 110 valence electrons. The summed E-state index contributed by atoms with van der Waals surface area (Å²) in [5, 5.41) is 12.6. The van der Waals surface area contributed by atoms with Crippen LogP contribution in [0.2, 0.25) is 5.02 Å². The van der Waals surface area contributed by atoms with E-state index in [0.717, 1.165) is 0 Å². The zero-order valence-corrected chi connectivity index (χ0v) is 12.4. The van der Waals surface area contributed by atoms with Gasteiger partial charge in [0.2, 0.25) is 0 Å². The van der Waals surface area contributed by atoms with Crippen molar-refractivity contribution in [3.05, 3.63) is 29.4 Å². The van der Waals surface area contributed by atoms with Crippen LogP contribution in [0.15, 0.2) is 29.6 Å². The van der Waals surface area contributed by atoms with Crippen LogP contribution in [0, 0.1) is 0 Å². The molecular formula is C12H11ClN4O3S. The molecule has 0 radical (unpaired) electrons. The van der Waals surface area contributed by atoms with E-state index in [4.69, 9.17) is 22.4 Å². The van der Waals surface area contributed by atoms with Crippen LogP contribution in [0.25, 0.3) is 0 Å². The molecule has 0 amide bonds. The summed E-state index contributed by atoms with van der Waals surface area (Å²) < 4.78 is 4.63. The zero-order chi connectivity index (χ0) is 15.4. The molecule has 0 saturated heterocycles. The van der Waals surface area contributed by atoms with Crippen molar-refractivity contribution in [2.75, 3.05) is 17.3 Å². The summed E-state index contributed by atoms with van der Waals surface area (Å²) in [5.41, 5.74) is 6.76. The van der Waals surface area contributed by atoms with Crippen molar-refractivity contribution < 1.29 is 14.6 Å². The van der Waals surface area contributed by atoms with Crippen LogP contribution in [0.4, 0.5) is 22.0 Å². The van der Waals surface area contributed by atoms with Crippen LogP contribution in [-0.4, -0.2) is 27.5 Å². The van der Waals surface area contributed by atoms with Crippen molar-refractivity contribution in [2.24, 2.45) is 0 Å². The van der Waals surface area contributed by atoms with Crippen LogP contribution < -0.4 is 15.8 Å². The number of carboxylic acid groups (broad SMARTS) is 1. The Balaban J connectivity index is 2.38. The lowest BCUT2D eigenvalue weighted by Crippen LogP contribution is -2.08. The van der Waals surface area contributed by atoms with Crippen molar-refractivity contribution in [3.63, 3.8) is 0 Å². The molecular weight excluding hydrogens is 316 g/mol. The van der Waals surface area contributed by atoms with E-state index in [1.54, 1.807) is 24.5 Å². The van der Waals surface area contributed by atoms with Crippen LogP contribution in [0.1, 0.15) is 0 Å². The van der Waals surface area contributed by atoms with Gasteiger partial charge in [-0.25, -0.2) is 14.8 Å². The highest BCUT2D eigenvalue weighted by Crippen LogP contribution is 2.30. The van der Waals surface area contributed by atoms with Gasteiger partial charge in [0.15, 0.2) is 16.7 Å². The van der Waals surface area contributed by atoms with Gasteiger partial charge in [-0.15, -0.1) is 0 Å². The molecule has 1 aromatic heterocycles. The van der Waals surface area contributed by atoms with Crippen molar-refractivity contribution in [2.45, 2.75) is 5.16 Å². The number of nitrogens with one attached hydrogen (secondary N) is 1. The third kappa shape index (κ3) is 3.89. The van der Waals surface area contributed by atoms with Gasteiger partial charge in [0, 0.05) is 5.02 Å². The van der Waals surface area contributed by atoms with E-state index in [1.807, 2.05) is 0 Å². The van der Waals surface area contributed by atoms with Crippen molar-refractivity contribution >= 4 is 46.7 Å². The van der Waals surface area contributed by atoms with Gasteiger partial charge in [-0.05, 0) is 24.5 Å². The average molecular weight is 327 g/mol. The normalized spacial score (nSPS) is 10.2. The predicted octanol–water partition coefficient (Wildman–Crippen LogP) is 3.23. The van der Waals surface area contributed by atoms with Crippen molar-refractivity contribution in [1.82, 2.24) is 9.97 Å². The van der Waals surface area contributed by atoms with Gasteiger partial charge in [-0.1, -0.05) is 23.4 Å². The number of ether oxygens (including phenoxy) is 1. The number of rotatable bonds is 4. The fraction of sp³-hybridized carbons (Fsp3) is 0.0833. The topological polar surface area (TPSA) is 110 Å². The lowest BCUT2D eigenvalue weighted by Gasteiger charge is -2.12. The Hall–Kier alpha value is -2.19. The number of nitrogens with two attached hydrogens (primary N) is 1. The van der Waals surface area contributed by atoms with E-state index in [0.29, 0.717) is 21.6 Å². The van der Waals surface area contributed by atoms with Gasteiger partial charge in [0.25, 0.3) is 0 Å². The smallest absolute Gasteiger partial charge is 0.449 e. The molecule has 9 heteroatoms. The SMILES string of the molecule is CSc1ncc(OC(=O)O)c(Nc2ccc(Cl)cc2N)n1. The Kier molecular flexibility index (Phi) is 4.71. The van der Waals surface area contributed by atoms with E-state index in [1.165, 1.54) is 18.0 Å². The number of anilines is 3. The minimum Gasteiger partial charge on any atom is -0.449 e. The first-order valence-corrected chi connectivity index (χ1v) is 7.23. The van der Waals surface area contributed by atoms with E-state index >= 15 is 0 Å². The van der Waals surface area contributed by atoms with E-state index in [2.05, 4.69) is 20.0 Å². The average Bonchev–Trinajstić information content (AvgIpc) is 2.43. The number of aromatic nitrogens is 2. The number of hydrogen-bond acceptors (Lipinski definition) is 7. The second kappa shape index (κ2) is 6.51. The molecule has 0 bridgehead atoms. The monoisotopic (exact) mass is 326 g/mol. The summed E-state index contributed by atoms with van der Waals surface area (Å²) in [6, 6.07) is 4.87. The molecule has 2 aromatic rings. The molecule has 0 fully saturated rings. The first-order valence-electron chi connectivity index (χ1n) is 5.63. The van der Waals surface area contributed by atoms with Gasteiger partial charge in [-0.3, -0.25) is 0 Å². The molecule has 0 saturated carbocycles. The van der Waals surface area contributed by atoms with Crippen molar-refractivity contribution in [1.29, 1.82) is 0 Å². The molecule has 0 atom stereocenters. The standard InChI is InChI=1S/C12H11ClN4O3S/c1-21-11-15-5-9(20-12(18)19)10(17-11)16-8-3-2-6(13)4-7(8)14/h2-5H,14H2,1H3,(H,18,19)(H,15,16,17). The maximum absolute atomic E-state index is 10.7. The zero-order valence-electron chi connectivity index (χ0n) is 10.8. The Bertz CT molecular complexity index is 684. The number of benzene rings is 1. The summed E-state index contributed by atoms with van der Waals surface area (Å²) in [7, 11) is 0. The Morgan fingerprint density at radius 2 is 2.29 bits per heavy atom. The number of halogens is 1. The Morgan fingerprint density at radius 3 is 2.90 bits per heavy atom. The minimum absolute atomic E-state index is 0.0188. The number of thioether (sulfide) groups is 1. The van der Waals surface area contributed by atoms with Crippen molar-refractivity contribution in [3.8, 4) is 5.75 Å². The van der Waals surface area contributed by atoms with Gasteiger partial charge >= 0.3 is 6.16 Å². The molecule has 1 heterocycles. The van der Waals surface area contributed by atoms with Crippen LogP contribution in [-0.2, 0) is 0 Å². The summed E-state index contributed by atoms with van der Waals surface area (Å²) in [4.78, 5) is 18.8. The Morgan fingerprint density at radius 1 is 1.52 bits per heavy atom. The van der Waals surface area contributed by atoms with Gasteiger partial charge in [0.1, 0.15) is 0 Å². The number of carbonyl (C=O) groups is 1. The van der Waals surface area contributed by atoms with E-state index < -0.39 is 6.16 Å². The third-order valence-electron chi connectivity index (χ3n) is 2.38. The molecule has 0 aliphatic rings. The summed E-state index contributed by atoms with van der Waals surface area (Å²) in [6.45, 7) is 0. The highest BCUT2D eigenvalue weighted by molar-refractivity contribution is 7.98. The van der Waals surface area contributed by atoms with Crippen LogP contribution in [0.3, 0.4) is 0 Å². The van der Waals surface area contributed by atoms with E-state index in [-0.39, 0.29) is 11.6 Å². The Labute approximate surface area is 129 Å². The molecule has 7 nitrogen and oxygen atoms in total. The first kappa shape index (κ1) is 15.2. The summed E-state index contributed by atoms with van der Waals surface area (Å²) in [6.07, 6.45) is 1.62. The highest BCUT2D eigenvalue weighted by Gasteiger charge is 2.13. The quantitative estimate of drug-likeness (QED) is 0.340. The lowest BCUT2D eigenvalue weighted by molar-refractivity contribution is 0.144. The number of hydrogen-bond donors (Lipinski definition) is 3. The largest absolute Gasteiger partial charge is 0.511 e. The molecule has 4 N–H and O–H groups in total. The molecule has 21 heavy (non-hydrogen) atoms. The molecule has 0 aliphatic heterocycles. The maximum atomic E-state index is 10.7. The second-order valence-corrected chi connectivity index (χ2v) is 5.00. The third-order valence-corrected chi connectivity index (χ3v) is 3.18. The minimum atomic E-state index is -1.46. The fourth-order valence-corrected chi connectivity index (χ4v) is 2.01. The molecule has 0 spiro atoms. The maximum Gasteiger partial charge on any atom is 0.511 e. The van der Waals surface area contributed by atoms with Gasteiger partial charge in [-0.2, -0.15) is 0 Å². The van der Waals surface area contributed by atoms with Crippen LogP contribution in [0.5, 0.6) is 5.75 Å². The van der Waals surface area contributed by atoms with Gasteiger partial charge < -0.3 is 20.9 Å². The van der Waals surface area contributed by atoms with Crippen LogP contribution >= 0.6 is 23.4 Å². The first-order chi connectivity index (χ1) is 9.99. The number of nitrogen functional groups attached to an aromatic ring is 1.